The lowest BCUT2D eigenvalue weighted by Crippen LogP contribution is -2.20. The van der Waals surface area contributed by atoms with Crippen LogP contribution in [0, 0.1) is 0 Å². The van der Waals surface area contributed by atoms with Crippen molar-refractivity contribution in [1.82, 2.24) is 9.69 Å². The van der Waals surface area contributed by atoms with Crippen molar-refractivity contribution >= 4 is 51.2 Å². The summed E-state index contributed by atoms with van der Waals surface area (Å²) in [4.78, 5) is 22.1. The molecule has 5 nitrogen and oxygen atoms in total. The van der Waals surface area contributed by atoms with Gasteiger partial charge in [-0.15, -0.1) is 0 Å². The third-order valence-corrected chi connectivity index (χ3v) is 3.12. The van der Waals surface area contributed by atoms with Crippen LogP contribution in [0.15, 0.2) is 0 Å². The number of halogens is 1. The number of carbonyl (C=O) groups excluding carboxylic acids is 2. The highest BCUT2D eigenvalue weighted by molar-refractivity contribution is 14.1. The molecule has 1 aromatic rings. The Bertz CT molecular complexity index is 375. The van der Waals surface area contributed by atoms with Crippen LogP contribution in [-0.4, -0.2) is 16.2 Å². The van der Waals surface area contributed by atoms with Crippen LogP contribution < -0.4 is 8.85 Å². The molecule has 0 saturated heterocycles. The molecule has 62 valence electrons. The van der Waals surface area contributed by atoms with Crippen LogP contribution in [0.4, 0.5) is 5.00 Å². The van der Waals surface area contributed by atoms with Crippen molar-refractivity contribution in [3.63, 3.8) is 0 Å². The molecule has 2 amide bonds. The Morgan fingerprint density at radius 1 is 1.42 bits per heavy atom. The molecule has 0 fully saturated rings. The van der Waals surface area contributed by atoms with E-state index in [9.17, 15) is 9.59 Å². The van der Waals surface area contributed by atoms with Gasteiger partial charge in [-0.3, -0.25) is 14.9 Å². The van der Waals surface area contributed by atoms with Crippen LogP contribution in [-0.2, 0) is 0 Å². The molecule has 12 heavy (non-hydrogen) atoms. The third-order valence-electron chi connectivity index (χ3n) is 1.45. The third kappa shape index (κ3) is 0.926. The van der Waals surface area contributed by atoms with E-state index in [1.54, 1.807) is 0 Å². The van der Waals surface area contributed by atoms with Gasteiger partial charge >= 0.3 is 0 Å². The topological polar surface area (TPSA) is 71.1 Å². The van der Waals surface area contributed by atoms with Crippen molar-refractivity contribution in [1.29, 1.82) is 0 Å². The van der Waals surface area contributed by atoms with Gasteiger partial charge in [-0.05, 0) is 11.5 Å². The molecule has 0 spiro atoms. The lowest BCUT2D eigenvalue weighted by atomic mass is 10.3. The summed E-state index contributed by atoms with van der Waals surface area (Å²) in [5.41, 5.74) is 0.587. The molecule has 1 aliphatic heterocycles. The summed E-state index contributed by atoms with van der Waals surface area (Å²) in [6, 6.07) is 0. The number of anilines is 1. The molecule has 0 aromatic carbocycles. The maximum absolute atomic E-state index is 11.1. The summed E-state index contributed by atoms with van der Waals surface area (Å²) in [5, 5.41) is 2.78. The largest absolute Gasteiger partial charge is 0.318 e. The van der Waals surface area contributed by atoms with Crippen LogP contribution in [0.1, 0.15) is 20.8 Å². The van der Waals surface area contributed by atoms with Crippen molar-refractivity contribution in [2.75, 3.05) is 3.53 Å². The zero-order valence-corrected chi connectivity index (χ0v) is 8.52. The number of hydrogen-bond donors (Lipinski definition) is 2. The molecule has 0 saturated carbocycles. The fourth-order valence-corrected chi connectivity index (χ4v) is 2.18. The van der Waals surface area contributed by atoms with E-state index in [1.165, 1.54) is 0 Å². The smallest absolute Gasteiger partial charge is 0.278 e. The van der Waals surface area contributed by atoms with E-state index >= 15 is 0 Å². The fourth-order valence-electron chi connectivity index (χ4n) is 0.945. The first-order valence-electron chi connectivity index (χ1n) is 2.96. The standard InChI is InChI=1S/C5H2IN3O2S/c6-8-5-1-2(9-12-5)4(11)7-3(1)10/h8H,(H,7,10,11). The number of imide groups is 1. The second kappa shape index (κ2) is 2.66. The molecule has 1 aromatic heterocycles. The van der Waals surface area contributed by atoms with E-state index in [-0.39, 0.29) is 11.6 Å². The summed E-state index contributed by atoms with van der Waals surface area (Å²) in [6.07, 6.45) is 0. The van der Waals surface area contributed by atoms with Gasteiger partial charge in [0, 0.05) is 0 Å². The Hall–Kier alpha value is -0.700. The highest BCUT2D eigenvalue weighted by Crippen LogP contribution is 2.28. The van der Waals surface area contributed by atoms with E-state index in [1.807, 2.05) is 22.9 Å². The molecule has 2 heterocycles. The first-order valence-corrected chi connectivity index (χ1v) is 4.81. The van der Waals surface area contributed by atoms with E-state index < -0.39 is 5.91 Å². The van der Waals surface area contributed by atoms with E-state index in [0.717, 1.165) is 11.5 Å². The number of nitrogens with zero attached hydrogens (tertiary/aromatic N) is 1. The lowest BCUT2D eigenvalue weighted by Gasteiger charge is -1.91. The van der Waals surface area contributed by atoms with Gasteiger partial charge in [-0.2, -0.15) is 4.37 Å². The molecule has 0 bridgehead atoms. The van der Waals surface area contributed by atoms with Crippen molar-refractivity contribution in [3.8, 4) is 0 Å². The first-order chi connectivity index (χ1) is 5.74. The van der Waals surface area contributed by atoms with Gasteiger partial charge in [-0.25, -0.2) is 0 Å². The summed E-state index contributed by atoms with van der Waals surface area (Å²) >= 11 is 3.00. The van der Waals surface area contributed by atoms with Gasteiger partial charge in [0.1, 0.15) is 10.6 Å². The molecule has 0 unspecified atom stereocenters. The van der Waals surface area contributed by atoms with Crippen molar-refractivity contribution in [2.24, 2.45) is 0 Å². The van der Waals surface area contributed by atoms with Crippen LogP contribution in [0.2, 0.25) is 0 Å². The average Bonchev–Trinajstić information content (AvgIpc) is 2.55. The second-order valence-corrected chi connectivity index (χ2v) is 3.43. The highest BCUT2D eigenvalue weighted by atomic mass is 127. The summed E-state index contributed by atoms with van der Waals surface area (Å²) in [6.45, 7) is 0. The molecule has 0 atom stereocenters. The number of hydrogen-bond acceptors (Lipinski definition) is 5. The van der Waals surface area contributed by atoms with Crippen LogP contribution >= 0.6 is 34.4 Å². The van der Waals surface area contributed by atoms with E-state index in [0.29, 0.717) is 10.6 Å². The number of fused-ring (bicyclic) bond motifs is 1. The number of aromatic nitrogens is 1. The Morgan fingerprint density at radius 2 is 2.17 bits per heavy atom. The number of rotatable bonds is 1. The zero-order chi connectivity index (χ0) is 8.72. The predicted molar refractivity (Wildman–Crippen MR) is 51.6 cm³/mol. The van der Waals surface area contributed by atoms with E-state index in [2.05, 4.69) is 13.2 Å². The Kier molecular flexibility index (Phi) is 1.76. The van der Waals surface area contributed by atoms with Crippen molar-refractivity contribution in [2.45, 2.75) is 0 Å². The monoisotopic (exact) mass is 295 g/mol. The van der Waals surface area contributed by atoms with Gasteiger partial charge in [0.25, 0.3) is 11.8 Å². The molecular weight excluding hydrogens is 293 g/mol. The number of amides is 2. The van der Waals surface area contributed by atoms with Gasteiger partial charge in [0.15, 0.2) is 5.69 Å². The Labute approximate surface area is 85.2 Å². The average molecular weight is 295 g/mol. The molecule has 0 radical (unpaired) electrons. The SMILES string of the molecule is O=C1NC(=O)c2c1nsc2NI. The quantitative estimate of drug-likeness (QED) is 0.456. The van der Waals surface area contributed by atoms with Crippen molar-refractivity contribution < 1.29 is 9.59 Å². The normalized spacial score (nSPS) is 14.4. The molecule has 7 heteroatoms. The summed E-state index contributed by atoms with van der Waals surface area (Å²) in [5.74, 6) is -0.785. The molecule has 0 aliphatic carbocycles. The van der Waals surface area contributed by atoms with Gasteiger partial charge in [-0.1, -0.05) is 0 Å². The highest BCUT2D eigenvalue weighted by Gasteiger charge is 2.33. The summed E-state index contributed by atoms with van der Waals surface area (Å²) in [7, 11) is 0. The van der Waals surface area contributed by atoms with Gasteiger partial charge in [0.2, 0.25) is 0 Å². The molecular formula is C5H2IN3O2S. The fraction of sp³-hybridized carbons (Fsp3) is 0. The van der Waals surface area contributed by atoms with Crippen LogP contribution in [0.25, 0.3) is 0 Å². The second-order valence-electron chi connectivity index (χ2n) is 2.11. The molecule has 1 aliphatic rings. The van der Waals surface area contributed by atoms with E-state index in [4.69, 9.17) is 0 Å². The van der Waals surface area contributed by atoms with Gasteiger partial charge in [0.05, 0.1) is 22.9 Å². The molecule has 2 N–H and O–H groups in total. The minimum absolute atomic E-state index is 0.226. The van der Waals surface area contributed by atoms with Gasteiger partial charge < -0.3 is 3.53 Å². The zero-order valence-electron chi connectivity index (χ0n) is 5.55. The van der Waals surface area contributed by atoms with Crippen LogP contribution in [0.3, 0.4) is 0 Å². The maximum atomic E-state index is 11.1. The van der Waals surface area contributed by atoms with Crippen molar-refractivity contribution in [3.05, 3.63) is 11.3 Å². The predicted octanol–water partition coefficient (Wildman–Crippen LogP) is 0.789. The number of carbonyl (C=O) groups is 2. The minimum atomic E-state index is -0.413. The minimum Gasteiger partial charge on any atom is -0.318 e. The maximum Gasteiger partial charge on any atom is 0.278 e. The molecule has 2 rings (SSSR count). The summed E-state index contributed by atoms with van der Waals surface area (Å²) < 4.78 is 6.61. The Balaban J connectivity index is 2.63. The number of nitrogens with one attached hydrogen (secondary N) is 2. The van der Waals surface area contributed by atoms with Crippen LogP contribution in [0.5, 0.6) is 0 Å². The lowest BCUT2D eigenvalue weighted by molar-refractivity contribution is 0.0878. The first kappa shape index (κ1) is 7.92. The Morgan fingerprint density at radius 3 is 2.83 bits per heavy atom.